The average Bonchev–Trinajstić information content (AvgIpc) is 2.34. The Bertz CT molecular complexity index is 589. The normalized spacial score (nSPS) is 10.2. The number of hydrogen-bond acceptors (Lipinski definition) is 2. The summed E-state index contributed by atoms with van der Waals surface area (Å²) in [7, 11) is 0. The van der Waals surface area contributed by atoms with E-state index in [1.165, 1.54) is 6.20 Å². The number of anilines is 1. The lowest BCUT2D eigenvalue weighted by atomic mass is 10.3. The van der Waals surface area contributed by atoms with E-state index in [-0.39, 0.29) is 5.91 Å². The van der Waals surface area contributed by atoms with E-state index in [1.807, 2.05) is 18.2 Å². The quantitative estimate of drug-likeness (QED) is 0.710. The largest absolute Gasteiger partial charge is 0.321 e. The molecule has 3 nitrogen and oxygen atoms in total. The molecule has 1 aromatic carbocycles. The van der Waals surface area contributed by atoms with Crippen molar-refractivity contribution in [3.63, 3.8) is 0 Å². The van der Waals surface area contributed by atoms with Crippen LogP contribution < -0.4 is 5.32 Å². The monoisotopic (exact) mass is 436 g/mol. The fourth-order valence-corrected chi connectivity index (χ4v) is 2.15. The minimum atomic E-state index is -0.259. The van der Waals surface area contributed by atoms with Gasteiger partial charge in [0.05, 0.1) is 5.02 Å². The number of benzene rings is 1. The fraction of sp³-hybridized carbons (Fsp3) is 0. The maximum absolute atomic E-state index is 11.9. The zero-order valence-electron chi connectivity index (χ0n) is 8.95. The zero-order valence-corrected chi connectivity index (χ0v) is 13.5. The number of rotatable bonds is 2. The molecule has 6 heteroatoms. The van der Waals surface area contributed by atoms with Crippen molar-refractivity contribution in [3.05, 3.63) is 55.3 Å². The molecule has 1 heterocycles. The lowest BCUT2D eigenvalue weighted by Crippen LogP contribution is -2.13. The van der Waals surface area contributed by atoms with Crippen molar-refractivity contribution in [2.45, 2.75) is 0 Å². The molecule has 1 aromatic heterocycles. The first kappa shape index (κ1) is 13.8. The second-order valence-corrected chi connectivity index (χ2v) is 5.90. The number of pyridine rings is 1. The smallest absolute Gasteiger partial charge is 0.274 e. The van der Waals surface area contributed by atoms with Crippen LogP contribution in [0.3, 0.4) is 0 Å². The minimum Gasteiger partial charge on any atom is -0.321 e. The molecule has 0 fully saturated rings. The molecule has 1 amide bonds. The Hall–Kier alpha value is -0.660. The highest BCUT2D eigenvalue weighted by molar-refractivity contribution is 14.1. The molecule has 0 saturated carbocycles. The summed E-state index contributed by atoms with van der Waals surface area (Å²) < 4.78 is 2.01. The van der Waals surface area contributed by atoms with Crippen LogP contribution in [-0.4, -0.2) is 10.9 Å². The second kappa shape index (κ2) is 5.99. The molecule has 0 aliphatic rings. The molecule has 0 aliphatic heterocycles. The number of amides is 1. The van der Waals surface area contributed by atoms with Crippen LogP contribution in [-0.2, 0) is 0 Å². The van der Waals surface area contributed by atoms with Crippen LogP contribution >= 0.6 is 50.1 Å². The van der Waals surface area contributed by atoms with E-state index in [0.29, 0.717) is 10.7 Å². The number of carbonyl (C=O) groups is 1. The van der Waals surface area contributed by atoms with Crippen LogP contribution in [0.4, 0.5) is 5.69 Å². The van der Waals surface area contributed by atoms with Crippen molar-refractivity contribution in [1.29, 1.82) is 0 Å². The summed E-state index contributed by atoms with van der Waals surface area (Å²) in [5.74, 6) is -0.259. The molecular formula is C12H7BrClIN2O. The number of nitrogens with zero attached hydrogens (tertiary/aromatic N) is 1. The van der Waals surface area contributed by atoms with Crippen molar-refractivity contribution in [1.82, 2.24) is 4.98 Å². The molecule has 0 spiro atoms. The van der Waals surface area contributed by atoms with Gasteiger partial charge in [-0.15, -0.1) is 0 Å². The fourth-order valence-electron chi connectivity index (χ4n) is 1.28. The van der Waals surface area contributed by atoms with Gasteiger partial charge in [0, 0.05) is 19.9 Å². The van der Waals surface area contributed by atoms with Crippen molar-refractivity contribution < 1.29 is 4.79 Å². The van der Waals surface area contributed by atoms with Crippen molar-refractivity contribution in [2.24, 2.45) is 0 Å². The van der Waals surface area contributed by atoms with Gasteiger partial charge in [-0.25, -0.2) is 4.98 Å². The highest BCUT2D eigenvalue weighted by Crippen LogP contribution is 2.22. The van der Waals surface area contributed by atoms with E-state index in [1.54, 1.807) is 12.1 Å². The Balaban J connectivity index is 2.16. The van der Waals surface area contributed by atoms with Gasteiger partial charge in [0.1, 0.15) is 5.69 Å². The van der Waals surface area contributed by atoms with Gasteiger partial charge >= 0.3 is 0 Å². The number of halogens is 3. The van der Waals surface area contributed by atoms with E-state index in [4.69, 9.17) is 11.6 Å². The van der Waals surface area contributed by atoms with Gasteiger partial charge in [0.2, 0.25) is 0 Å². The predicted octanol–water partition coefficient (Wildman–Crippen LogP) is 4.35. The first-order valence-electron chi connectivity index (χ1n) is 4.94. The summed E-state index contributed by atoms with van der Waals surface area (Å²) >= 11 is 11.3. The van der Waals surface area contributed by atoms with E-state index in [9.17, 15) is 4.79 Å². The Morgan fingerprint density at radius 1 is 1.33 bits per heavy atom. The van der Waals surface area contributed by atoms with Gasteiger partial charge in [0.15, 0.2) is 0 Å². The molecule has 0 radical (unpaired) electrons. The maximum Gasteiger partial charge on any atom is 0.274 e. The first-order chi connectivity index (χ1) is 8.56. The number of hydrogen-bond donors (Lipinski definition) is 1. The molecule has 1 N–H and O–H groups in total. The predicted molar refractivity (Wildman–Crippen MR) is 84.1 cm³/mol. The number of nitrogens with one attached hydrogen (secondary N) is 1. The summed E-state index contributed by atoms with van der Waals surface area (Å²) in [6.07, 6.45) is 1.45. The van der Waals surface area contributed by atoms with Crippen LogP contribution in [0.15, 0.2) is 41.0 Å². The minimum absolute atomic E-state index is 0.259. The third-order valence-corrected chi connectivity index (χ3v) is 4.69. The van der Waals surface area contributed by atoms with Crippen LogP contribution in [0.1, 0.15) is 10.5 Å². The van der Waals surface area contributed by atoms with Gasteiger partial charge in [0.25, 0.3) is 5.91 Å². The third kappa shape index (κ3) is 3.43. The molecule has 2 rings (SSSR count). The highest BCUT2D eigenvalue weighted by Gasteiger charge is 2.08. The maximum atomic E-state index is 11.9. The number of carbonyl (C=O) groups excluding carboxylic acids is 1. The van der Waals surface area contributed by atoms with Crippen molar-refractivity contribution >= 4 is 61.7 Å². The standard InChI is InChI=1S/C12H7BrClIN2O/c13-9-3-2-8(5-10(9)15)17-12(18)11-4-1-7(14)6-16-11/h1-6H,(H,17,18). The first-order valence-corrected chi connectivity index (χ1v) is 7.19. The van der Waals surface area contributed by atoms with Crippen LogP contribution in [0.2, 0.25) is 5.02 Å². The van der Waals surface area contributed by atoms with E-state index in [2.05, 4.69) is 48.8 Å². The molecule has 2 aromatic rings. The van der Waals surface area contributed by atoms with Crippen molar-refractivity contribution in [2.75, 3.05) is 5.32 Å². The molecule has 0 aliphatic carbocycles. The van der Waals surface area contributed by atoms with Crippen LogP contribution in [0, 0.1) is 3.57 Å². The van der Waals surface area contributed by atoms with E-state index < -0.39 is 0 Å². The topological polar surface area (TPSA) is 42.0 Å². The summed E-state index contributed by atoms with van der Waals surface area (Å²) in [6.45, 7) is 0. The SMILES string of the molecule is O=C(Nc1ccc(Br)c(I)c1)c1ccc(Cl)cn1. The third-order valence-electron chi connectivity index (χ3n) is 2.14. The Morgan fingerprint density at radius 3 is 2.72 bits per heavy atom. The molecule has 0 atom stereocenters. The summed E-state index contributed by atoms with van der Waals surface area (Å²) in [6, 6.07) is 8.79. The van der Waals surface area contributed by atoms with E-state index in [0.717, 1.165) is 13.7 Å². The Kier molecular flexibility index (Phi) is 4.58. The Labute approximate surface area is 131 Å². The van der Waals surface area contributed by atoms with Gasteiger partial charge in [-0.05, 0) is 68.9 Å². The Morgan fingerprint density at radius 2 is 2.11 bits per heavy atom. The molecule has 18 heavy (non-hydrogen) atoms. The molecule has 0 bridgehead atoms. The lowest BCUT2D eigenvalue weighted by molar-refractivity contribution is 0.102. The lowest BCUT2D eigenvalue weighted by Gasteiger charge is -2.06. The second-order valence-electron chi connectivity index (χ2n) is 3.44. The molecule has 92 valence electrons. The summed E-state index contributed by atoms with van der Waals surface area (Å²) in [5, 5.41) is 3.28. The highest BCUT2D eigenvalue weighted by atomic mass is 127. The summed E-state index contributed by atoms with van der Waals surface area (Å²) in [5.41, 5.74) is 1.06. The zero-order chi connectivity index (χ0) is 13.1. The van der Waals surface area contributed by atoms with Gasteiger partial charge < -0.3 is 5.32 Å². The molecule has 0 saturated heterocycles. The van der Waals surface area contributed by atoms with Crippen LogP contribution in [0.5, 0.6) is 0 Å². The van der Waals surface area contributed by atoms with Gasteiger partial charge in [-0.2, -0.15) is 0 Å². The van der Waals surface area contributed by atoms with Crippen molar-refractivity contribution in [3.8, 4) is 0 Å². The average molecular weight is 437 g/mol. The van der Waals surface area contributed by atoms with Gasteiger partial charge in [-0.1, -0.05) is 11.6 Å². The van der Waals surface area contributed by atoms with E-state index >= 15 is 0 Å². The van der Waals surface area contributed by atoms with Gasteiger partial charge in [-0.3, -0.25) is 4.79 Å². The molecular weight excluding hydrogens is 430 g/mol. The number of aromatic nitrogens is 1. The van der Waals surface area contributed by atoms with Crippen LogP contribution in [0.25, 0.3) is 0 Å². The summed E-state index contributed by atoms with van der Waals surface area (Å²) in [4.78, 5) is 15.8. The molecule has 0 unspecified atom stereocenters.